The zero-order valence-electron chi connectivity index (χ0n) is 12.0. The number of ether oxygens (including phenoxy) is 1. The minimum atomic E-state index is 0.429. The summed E-state index contributed by atoms with van der Waals surface area (Å²) >= 11 is 0. The first-order valence-corrected chi connectivity index (χ1v) is 7.43. The third-order valence-electron chi connectivity index (χ3n) is 4.25. The SMILES string of the molecule is CN(CCC1CCN(C)C1)CCC1CNCCO1. The van der Waals surface area contributed by atoms with Crippen LogP contribution in [0.25, 0.3) is 0 Å². The molecule has 106 valence electrons. The van der Waals surface area contributed by atoms with Crippen molar-refractivity contribution in [3.8, 4) is 0 Å². The second kappa shape index (κ2) is 7.43. The van der Waals surface area contributed by atoms with E-state index in [1.807, 2.05) is 0 Å². The minimum absolute atomic E-state index is 0.429. The van der Waals surface area contributed by atoms with Crippen molar-refractivity contribution in [3.63, 3.8) is 0 Å². The topological polar surface area (TPSA) is 27.7 Å². The van der Waals surface area contributed by atoms with Crippen molar-refractivity contribution in [1.29, 1.82) is 0 Å². The molecule has 4 heteroatoms. The van der Waals surface area contributed by atoms with Gasteiger partial charge in [-0.25, -0.2) is 0 Å². The quantitative estimate of drug-likeness (QED) is 0.754. The molecule has 0 spiro atoms. The Bertz CT molecular complexity index is 222. The summed E-state index contributed by atoms with van der Waals surface area (Å²) in [6.07, 6.45) is 4.33. The lowest BCUT2D eigenvalue weighted by Gasteiger charge is -2.26. The Balaban J connectivity index is 1.53. The van der Waals surface area contributed by atoms with Gasteiger partial charge in [0.15, 0.2) is 0 Å². The largest absolute Gasteiger partial charge is 0.376 e. The first-order valence-electron chi connectivity index (χ1n) is 7.43. The summed E-state index contributed by atoms with van der Waals surface area (Å²) in [5.74, 6) is 0.921. The molecule has 2 fully saturated rings. The smallest absolute Gasteiger partial charge is 0.0712 e. The second-order valence-corrected chi connectivity index (χ2v) is 5.99. The molecule has 2 heterocycles. The number of nitrogens with one attached hydrogen (secondary N) is 1. The van der Waals surface area contributed by atoms with E-state index in [1.54, 1.807) is 0 Å². The van der Waals surface area contributed by atoms with Crippen LogP contribution in [0.5, 0.6) is 0 Å². The number of morpholine rings is 1. The molecule has 2 aliphatic rings. The standard InChI is InChI=1S/C14H29N3O/c1-16(7-3-13-4-8-17(2)12-13)9-5-14-11-15-6-10-18-14/h13-15H,3-12H2,1-2H3. The molecular formula is C14H29N3O. The lowest BCUT2D eigenvalue weighted by atomic mass is 10.0. The molecule has 18 heavy (non-hydrogen) atoms. The van der Waals surface area contributed by atoms with E-state index in [-0.39, 0.29) is 0 Å². The summed E-state index contributed by atoms with van der Waals surface area (Å²) in [4.78, 5) is 4.92. The predicted octanol–water partition coefficient (Wildman–Crippen LogP) is 0.639. The first kappa shape index (κ1) is 14.3. The van der Waals surface area contributed by atoms with Gasteiger partial charge in [0.1, 0.15) is 0 Å². The third kappa shape index (κ3) is 4.84. The van der Waals surface area contributed by atoms with Gasteiger partial charge in [-0.2, -0.15) is 0 Å². The van der Waals surface area contributed by atoms with Crippen LogP contribution >= 0.6 is 0 Å². The van der Waals surface area contributed by atoms with E-state index in [0.29, 0.717) is 6.10 Å². The van der Waals surface area contributed by atoms with E-state index in [9.17, 15) is 0 Å². The molecule has 2 unspecified atom stereocenters. The van der Waals surface area contributed by atoms with Gasteiger partial charge in [0, 0.05) is 26.2 Å². The Morgan fingerprint density at radius 3 is 2.83 bits per heavy atom. The zero-order chi connectivity index (χ0) is 12.8. The molecule has 0 radical (unpaired) electrons. The van der Waals surface area contributed by atoms with Crippen LogP contribution in [0.3, 0.4) is 0 Å². The van der Waals surface area contributed by atoms with Crippen LogP contribution < -0.4 is 5.32 Å². The van der Waals surface area contributed by atoms with E-state index in [0.717, 1.165) is 38.6 Å². The molecule has 0 aromatic carbocycles. The summed E-state index contributed by atoms with van der Waals surface area (Å²) in [6, 6.07) is 0. The van der Waals surface area contributed by atoms with E-state index >= 15 is 0 Å². The van der Waals surface area contributed by atoms with E-state index in [2.05, 4.69) is 29.2 Å². The van der Waals surface area contributed by atoms with E-state index < -0.39 is 0 Å². The molecule has 2 atom stereocenters. The summed E-state index contributed by atoms with van der Waals surface area (Å²) in [6.45, 7) is 7.90. The van der Waals surface area contributed by atoms with Crippen molar-refractivity contribution in [3.05, 3.63) is 0 Å². The fourth-order valence-electron chi connectivity index (χ4n) is 2.95. The number of hydrogen-bond donors (Lipinski definition) is 1. The van der Waals surface area contributed by atoms with E-state index in [1.165, 1.54) is 32.5 Å². The van der Waals surface area contributed by atoms with Crippen LogP contribution in [0.15, 0.2) is 0 Å². The molecule has 2 saturated heterocycles. The summed E-state index contributed by atoms with van der Waals surface area (Å²) in [7, 11) is 4.48. The number of rotatable bonds is 6. The maximum atomic E-state index is 5.72. The highest BCUT2D eigenvalue weighted by Crippen LogP contribution is 2.18. The summed E-state index contributed by atoms with van der Waals surface area (Å²) in [5.41, 5.74) is 0. The molecule has 0 bridgehead atoms. The minimum Gasteiger partial charge on any atom is -0.376 e. The van der Waals surface area contributed by atoms with Crippen molar-refractivity contribution in [2.45, 2.75) is 25.4 Å². The van der Waals surface area contributed by atoms with Crippen molar-refractivity contribution < 1.29 is 4.74 Å². The highest BCUT2D eigenvalue weighted by molar-refractivity contribution is 4.74. The van der Waals surface area contributed by atoms with Gasteiger partial charge in [0.2, 0.25) is 0 Å². The Kier molecular flexibility index (Phi) is 5.89. The fraction of sp³-hybridized carbons (Fsp3) is 1.00. The molecule has 2 rings (SSSR count). The van der Waals surface area contributed by atoms with Crippen molar-refractivity contribution >= 4 is 0 Å². The number of nitrogens with zero attached hydrogens (tertiary/aromatic N) is 2. The Labute approximate surface area is 112 Å². The molecule has 4 nitrogen and oxygen atoms in total. The fourth-order valence-corrected chi connectivity index (χ4v) is 2.95. The van der Waals surface area contributed by atoms with Gasteiger partial charge in [-0.15, -0.1) is 0 Å². The van der Waals surface area contributed by atoms with Gasteiger partial charge in [-0.05, 0) is 52.4 Å². The van der Waals surface area contributed by atoms with Gasteiger partial charge in [-0.3, -0.25) is 0 Å². The Morgan fingerprint density at radius 1 is 1.33 bits per heavy atom. The van der Waals surface area contributed by atoms with Crippen LogP contribution in [-0.2, 0) is 4.74 Å². The molecular weight excluding hydrogens is 226 g/mol. The maximum Gasteiger partial charge on any atom is 0.0712 e. The average Bonchev–Trinajstić information content (AvgIpc) is 2.81. The van der Waals surface area contributed by atoms with Crippen molar-refractivity contribution in [2.75, 3.05) is 60.0 Å². The van der Waals surface area contributed by atoms with Crippen LogP contribution in [-0.4, -0.2) is 75.9 Å². The monoisotopic (exact) mass is 255 g/mol. The lowest BCUT2D eigenvalue weighted by molar-refractivity contribution is 0.0185. The van der Waals surface area contributed by atoms with Crippen molar-refractivity contribution in [1.82, 2.24) is 15.1 Å². The maximum absolute atomic E-state index is 5.72. The molecule has 0 aromatic rings. The molecule has 0 aromatic heterocycles. The van der Waals surface area contributed by atoms with Gasteiger partial charge in [0.05, 0.1) is 12.7 Å². The van der Waals surface area contributed by atoms with Gasteiger partial charge in [-0.1, -0.05) is 0 Å². The van der Waals surface area contributed by atoms with Gasteiger partial charge >= 0.3 is 0 Å². The molecule has 2 aliphatic heterocycles. The molecule has 0 aliphatic carbocycles. The second-order valence-electron chi connectivity index (χ2n) is 5.99. The van der Waals surface area contributed by atoms with Crippen LogP contribution in [0.4, 0.5) is 0 Å². The molecule has 0 saturated carbocycles. The summed E-state index contributed by atoms with van der Waals surface area (Å²) < 4.78 is 5.72. The normalized spacial score (nSPS) is 30.2. The Morgan fingerprint density at radius 2 is 2.17 bits per heavy atom. The first-order chi connectivity index (χ1) is 8.74. The number of hydrogen-bond acceptors (Lipinski definition) is 4. The van der Waals surface area contributed by atoms with Gasteiger partial charge in [0.25, 0.3) is 0 Å². The van der Waals surface area contributed by atoms with Gasteiger partial charge < -0.3 is 19.9 Å². The molecule has 1 N–H and O–H groups in total. The third-order valence-corrected chi connectivity index (χ3v) is 4.25. The predicted molar refractivity (Wildman–Crippen MR) is 74.9 cm³/mol. The highest BCUT2D eigenvalue weighted by atomic mass is 16.5. The number of likely N-dealkylation sites (tertiary alicyclic amines) is 1. The summed E-state index contributed by atoms with van der Waals surface area (Å²) in [5, 5.41) is 3.39. The average molecular weight is 255 g/mol. The van der Waals surface area contributed by atoms with Crippen LogP contribution in [0.1, 0.15) is 19.3 Å². The Hall–Kier alpha value is -0.160. The lowest BCUT2D eigenvalue weighted by Crippen LogP contribution is -2.40. The highest BCUT2D eigenvalue weighted by Gasteiger charge is 2.19. The van der Waals surface area contributed by atoms with Crippen molar-refractivity contribution in [2.24, 2.45) is 5.92 Å². The molecule has 0 amide bonds. The van der Waals surface area contributed by atoms with E-state index in [4.69, 9.17) is 4.74 Å². The zero-order valence-corrected chi connectivity index (χ0v) is 12.0. The van der Waals surface area contributed by atoms with Crippen LogP contribution in [0.2, 0.25) is 0 Å². The van der Waals surface area contributed by atoms with Crippen LogP contribution in [0, 0.1) is 5.92 Å².